The van der Waals surface area contributed by atoms with Crippen LogP contribution in [0.15, 0.2) is 36.7 Å². The maximum Gasteiger partial charge on any atom is 0.319 e. The number of rotatable bonds is 5. The maximum absolute atomic E-state index is 11.8. The zero-order valence-corrected chi connectivity index (χ0v) is 13.4. The Morgan fingerprint density at radius 1 is 1.39 bits per heavy atom. The molecule has 0 radical (unpaired) electrons. The van der Waals surface area contributed by atoms with Crippen molar-refractivity contribution in [2.24, 2.45) is 0 Å². The zero-order chi connectivity index (χ0) is 16.1. The number of anilines is 1. The molecule has 2 N–H and O–H groups in total. The quantitative estimate of drug-likeness (QED) is 0.883. The number of ether oxygens (including phenoxy) is 1. The molecule has 1 aromatic heterocycles. The van der Waals surface area contributed by atoms with Gasteiger partial charge in [0.05, 0.1) is 24.5 Å². The smallest absolute Gasteiger partial charge is 0.319 e. The second-order valence-electron chi connectivity index (χ2n) is 5.52. The fourth-order valence-corrected chi connectivity index (χ4v) is 2.60. The van der Waals surface area contributed by atoms with E-state index in [0.717, 1.165) is 25.0 Å². The molecule has 2 aromatic rings. The molecule has 1 aliphatic heterocycles. The van der Waals surface area contributed by atoms with E-state index in [0.29, 0.717) is 23.8 Å². The summed E-state index contributed by atoms with van der Waals surface area (Å²) >= 11 is 5.87. The molecule has 7 heteroatoms. The number of nitrogens with one attached hydrogen (secondary N) is 2. The van der Waals surface area contributed by atoms with Crippen molar-refractivity contribution < 1.29 is 9.53 Å². The second-order valence-corrected chi connectivity index (χ2v) is 5.96. The molecule has 2 amide bonds. The first-order valence-electron chi connectivity index (χ1n) is 7.62. The van der Waals surface area contributed by atoms with Gasteiger partial charge in [0, 0.05) is 24.4 Å². The fraction of sp³-hybridized carbons (Fsp3) is 0.375. The van der Waals surface area contributed by atoms with Gasteiger partial charge in [0.2, 0.25) is 0 Å². The van der Waals surface area contributed by atoms with E-state index in [9.17, 15) is 4.79 Å². The molecule has 1 fully saturated rings. The molecule has 2 heterocycles. The van der Waals surface area contributed by atoms with Crippen LogP contribution in [0.2, 0.25) is 5.02 Å². The Balaban J connectivity index is 1.48. The number of halogens is 1. The minimum absolute atomic E-state index is 0.133. The summed E-state index contributed by atoms with van der Waals surface area (Å²) in [6.45, 7) is 1.94. The van der Waals surface area contributed by atoms with Crippen molar-refractivity contribution in [3.63, 3.8) is 0 Å². The molecule has 0 unspecified atom stereocenters. The van der Waals surface area contributed by atoms with Gasteiger partial charge in [0.1, 0.15) is 0 Å². The van der Waals surface area contributed by atoms with Crippen LogP contribution in [0.1, 0.15) is 18.4 Å². The highest BCUT2D eigenvalue weighted by atomic mass is 35.5. The first-order valence-corrected chi connectivity index (χ1v) is 8.00. The number of hydrogen-bond acceptors (Lipinski definition) is 3. The van der Waals surface area contributed by atoms with Gasteiger partial charge in [-0.3, -0.25) is 4.68 Å². The van der Waals surface area contributed by atoms with Gasteiger partial charge in [-0.15, -0.1) is 0 Å². The Morgan fingerprint density at radius 3 is 2.96 bits per heavy atom. The van der Waals surface area contributed by atoms with Crippen molar-refractivity contribution in [3.05, 3.63) is 47.2 Å². The molecular weight excluding hydrogens is 316 g/mol. The van der Waals surface area contributed by atoms with Crippen LogP contribution < -0.4 is 10.6 Å². The molecule has 0 spiro atoms. The number of nitrogens with zero attached hydrogens (tertiary/aromatic N) is 2. The van der Waals surface area contributed by atoms with Crippen LogP contribution in [0.4, 0.5) is 10.5 Å². The average molecular weight is 335 g/mol. The lowest BCUT2D eigenvalue weighted by atomic mass is 10.2. The molecule has 6 nitrogen and oxygen atoms in total. The zero-order valence-electron chi connectivity index (χ0n) is 12.7. The lowest BCUT2D eigenvalue weighted by Crippen LogP contribution is -2.34. The summed E-state index contributed by atoms with van der Waals surface area (Å²) in [4.78, 5) is 11.8. The van der Waals surface area contributed by atoms with Gasteiger partial charge in [-0.2, -0.15) is 5.10 Å². The van der Waals surface area contributed by atoms with Crippen molar-refractivity contribution in [1.29, 1.82) is 0 Å². The Hall–Kier alpha value is -2.05. The standard InChI is InChI=1S/C16H19ClN4O2/c17-13-5-3-12(4-6-13)10-21-11-14(8-19-21)20-16(22)18-9-15-2-1-7-23-15/h3-6,8,11,15H,1-2,7,9-10H2,(H2,18,20,22)/t15-/m0/s1. The van der Waals surface area contributed by atoms with Gasteiger partial charge in [-0.25, -0.2) is 4.79 Å². The van der Waals surface area contributed by atoms with E-state index >= 15 is 0 Å². The number of hydrogen-bond donors (Lipinski definition) is 2. The van der Waals surface area contributed by atoms with Gasteiger partial charge in [0.15, 0.2) is 0 Å². The highest BCUT2D eigenvalue weighted by molar-refractivity contribution is 6.30. The minimum atomic E-state index is -0.244. The monoisotopic (exact) mass is 334 g/mol. The van der Waals surface area contributed by atoms with Crippen LogP contribution in [0.5, 0.6) is 0 Å². The Bertz CT molecular complexity index is 650. The number of aromatic nitrogens is 2. The predicted molar refractivity (Wildman–Crippen MR) is 88.8 cm³/mol. The molecule has 1 atom stereocenters. The number of carbonyl (C=O) groups is 1. The summed E-state index contributed by atoms with van der Waals surface area (Å²) < 4.78 is 7.23. The van der Waals surface area contributed by atoms with E-state index < -0.39 is 0 Å². The molecule has 23 heavy (non-hydrogen) atoms. The highest BCUT2D eigenvalue weighted by Crippen LogP contribution is 2.13. The first kappa shape index (κ1) is 15.8. The SMILES string of the molecule is O=C(NC[C@@H]1CCCO1)Nc1cnn(Cc2ccc(Cl)cc2)c1. The summed E-state index contributed by atoms with van der Waals surface area (Å²) in [6.07, 6.45) is 5.61. The highest BCUT2D eigenvalue weighted by Gasteiger charge is 2.16. The van der Waals surface area contributed by atoms with Crippen LogP contribution in [-0.2, 0) is 11.3 Å². The number of amides is 2. The Labute approximate surface area is 139 Å². The summed E-state index contributed by atoms with van der Waals surface area (Å²) in [7, 11) is 0. The number of urea groups is 1. The summed E-state index contributed by atoms with van der Waals surface area (Å²) in [6, 6.07) is 7.35. The third kappa shape index (κ3) is 4.71. The Kier molecular flexibility index (Phi) is 5.15. The van der Waals surface area contributed by atoms with Crippen LogP contribution in [-0.4, -0.2) is 35.1 Å². The lowest BCUT2D eigenvalue weighted by molar-refractivity contribution is 0.112. The lowest BCUT2D eigenvalue weighted by Gasteiger charge is -2.10. The summed E-state index contributed by atoms with van der Waals surface area (Å²) in [5.74, 6) is 0. The van der Waals surface area contributed by atoms with Crippen molar-refractivity contribution in [2.75, 3.05) is 18.5 Å². The largest absolute Gasteiger partial charge is 0.376 e. The third-order valence-electron chi connectivity index (χ3n) is 3.66. The van der Waals surface area contributed by atoms with Gasteiger partial charge in [-0.05, 0) is 30.5 Å². The van der Waals surface area contributed by atoms with Gasteiger partial charge < -0.3 is 15.4 Å². The predicted octanol–water partition coefficient (Wildman–Crippen LogP) is 2.89. The molecule has 1 saturated heterocycles. The summed E-state index contributed by atoms with van der Waals surface area (Å²) in [5.41, 5.74) is 1.75. The number of carbonyl (C=O) groups excluding carboxylic acids is 1. The minimum Gasteiger partial charge on any atom is -0.376 e. The normalized spacial score (nSPS) is 17.2. The van der Waals surface area contributed by atoms with Crippen LogP contribution in [0, 0.1) is 0 Å². The Morgan fingerprint density at radius 2 is 2.22 bits per heavy atom. The number of benzene rings is 1. The molecule has 0 bridgehead atoms. The van der Waals surface area contributed by atoms with E-state index in [1.165, 1.54) is 0 Å². The molecule has 1 aromatic carbocycles. The topological polar surface area (TPSA) is 68.2 Å². The third-order valence-corrected chi connectivity index (χ3v) is 3.92. The van der Waals surface area contributed by atoms with E-state index in [1.807, 2.05) is 24.3 Å². The van der Waals surface area contributed by atoms with E-state index in [1.54, 1.807) is 17.1 Å². The molecular formula is C16H19ClN4O2. The van der Waals surface area contributed by atoms with Crippen molar-refractivity contribution >= 4 is 23.3 Å². The molecule has 1 aliphatic rings. The van der Waals surface area contributed by atoms with E-state index in [4.69, 9.17) is 16.3 Å². The molecule has 0 aliphatic carbocycles. The summed E-state index contributed by atoms with van der Waals surface area (Å²) in [5, 5.41) is 10.5. The van der Waals surface area contributed by atoms with Gasteiger partial charge in [-0.1, -0.05) is 23.7 Å². The maximum atomic E-state index is 11.8. The fourth-order valence-electron chi connectivity index (χ4n) is 2.48. The van der Waals surface area contributed by atoms with E-state index in [2.05, 4.69) is 15.7 Å². The van der Waals surface area contributed by atoms with Gasteiger partial charge in [0.25, 0.3) is 0 Å². The van der Waals surface area contributed by atoms with Crippen molar-refractivity contribution in [1.82, 2.24) is 15.1 Å². The molecule has 0 saturated carbocycles. The van der Waals surface area contributed by atoms with Crippen LogP contribution in [0.25, 0.3) is 0 Å². The first-order chi connectivity index (χ1) is 11.2. The van der Waals surface area contributed by atoms with Crippen LogP contribution >= 0.6 is 11.6 Å². The second kappa shape index (κ2) is 7.48. The molecule has 122 valence electrons. The molecule has 3 rings (SSSR count). The van der Waals surface area contributed by atoms with E-state index in [-0.39, 0.29) is 12.1 Å². The van der Waals surface area contributed by atoms with Crippen LogP contribution in [0.3, 0.4) is 0 Å². The van der Waals surface area contributed by atoms with Crippen molar-refractivity contribution in [2.45, 2.75) is 25.5 Å². The van der Waals surface area contributed by atoms with Gasteiger partial charge >= 0.3 is 6.03 Å². The average Bonchev–Trinajstić information content (AvgIpc) is 3.20. The van der Waals surface area contributed by atoms with Crippen molar-refractivity contribution in [3.8, 4) is 0 Å².